The van der Waals surface area contributed by atoms with Crippen LogP contribution in [-0.4, -0.2) is 65.3 Å². The van der Waals surface area contributed by atoms with Gasteiger partial charge in [-0.2, -0.15) is 0 Å². The zero-order valence-corrected chi connectivity index (χ0v) is 19.0. The molecule has 0 aliphatic carbocycles. The molecule has 8 heteroatoms. The predicted molar refractivity (Wildman–Crippen MR) is 124 cm³/mol. The zero-order valence-electron chi connectivity index (χ0n) is 19.0. The molecule has 0 saturated carbocycles. The third kappa shape index (κ3) is 5.44. The summed E-state index contributed by atoms with van der Waals surface area (Å²) in [5, 5.41) is 2.93. The summed E-state index contributed by atoms with van der Waals surface area (Å²) in [4.78, 5) is 54.2. The number of esters is 1. The molecule has 1 unspecified atom stereocenters. The molecule has 0 bridgehead atoms. The van der Waals surface area contributed by atoms with Gasteiger partial charge in [-0.25, -0.2) is 4.79 Å². The summed E-state index contributed by atoms with van der Waals surface area (Å²) in [6.45, 7) is 0.901. The average Bonchev–Trinajstić information content (AvgIpc) is 3.57. The van der Waals surface area contributed by atoms with E-state index in [1.807, 2.05) is 30.3 Å². The van der Waals surface area contributed by atoms with Gasteiger partial charge in [-0.15, -0.1) is 0 Å². The van der Waals surface area contributed by atoms with Crippen LogP contribution >= 0.6 is 0 Å². The Bertz CT molecular complexity index is 1030. The second-order valence-electron chi connectivity index (χ2n) is 8.58. The van der Waals surface area contributed by atoms with E-state index in [4.69, 9.17) is 4.74 Å². The topological polar surface area (TPSA) is 96.0 Å². The normalized spacial score (nSPS) is 19.6. The fraction of sp³-hybridized carbons (Fsp3) is 0.385. The smallest absolute Gasteiger partial charge is 0.338 e. The first-order chi connectivity index (χ1) is 16.5. The molecule has 2 aromatic carbocycles. The highest BCUT2D eigenvalue weighted by atomic mass is 16.5. The van der Waals surface area contributed by atoms with Gasteiger partial charge in [-0.05, 0) is 43.4 Å². The van der Waals surface area contributed by atoms with Gasteiger partial charge in [-0.3, -0.25) is 14.4 Å². The average molecular weight is 464 g/mol. The molecule has 2 aliphatic heterocycles. The summed E-state index contributed by atoms with van der Waals surface area (Å²) in [6, 6.07) is 16.9. The Morgan fingerprint density at radius 1 is 0.824 bits per heavy atom. The number of carbonyl (C=O) groups is 4. The molecular weight excluding hydrogens is 434 g/mol. The van der Waals surface area contributed by atoms with Gasteiger partial charge in [0.1, 0.15) is 12.1 Å². The van der Waals surface area contributed by atoms with Crippen LogP contribution in [0, 0.1) is 0 Å². The highest BCUT2D eigenvalue weighted by Crippen LogP contribution is 2.25. The molecule has 2 atom stereocenters. The van der Waals surface area contributed by atoms with Crippen LogP contribution in [0.25, 0.3) is 0 Å². The molecule has 2 saturated heterocycles. The van der Waals surface area contributed by atoms with Crippen molar-refractivity contribution in [2.45, 2.75) is 44.3 Å². The van der Waals surface area contributed by atoms with Gasteiger partial charge in [0, 0.05) is 19.6 Å². The first-order valence-electron chi connectivity index (χ1n) is 11.7. The van der Waals surface area contributed by atoms with Gasteiger partial charge >= 0.3 is 5.97 Å². The van der Waals surface area contributed by atoms with Gasteiger partial charge in [0.05, 0.1) is 5.56 Å². The van der Waals surface area contributed by atoms with E-state index in [0.717, 1.165) is 12.0 Å². The van der Waals surface area contributed by atoms with Gasteiger partial charge in [0.25, 0.3) is 5.91 Å². The fourth-order valence-electron chi connectivity index (χ4n) is 4.59. The van der Waals surface area contributed by atoms with Crippen molar-refractivity contribution in [1.29, 1.82) is 0 Å². The number of ether oxygens (including phenoxy) is 1. The zero-order chi connectivity index (χ0) is 23.9. The molecular formula is C26H29N3O5. The van der Waals surface area contributed by atoms with Crippen molar-refractivity contribution in [3.8, 4) is 0 Å². The number of amides is 3. The van der Waals surface area contributed by atoms with Crippen molar-refractivity contribution in [2.75, 3.05) is 19.7 Å². The van der Waals surface area contributed by atoms with E-state index in [1.54, 1.807) is 35.2 Å². The van der Waals surface area contributed by atoms with E-state index in [9.17, 15) is 19.2 Å². The Morgan fingerprint density at radius 2 is 1.44 bits per heavy atom. The quantitative estimate of drug-likeness (QED) is 0.635. The fourth-order valence-corrected chi connectivity index (χ4v) is 4.59. The van der Waals surface area contributed by atoms with Crippen LogP contribution in [0.15, 0.2) is 60.7 Å². The van der Waals surface area contributed by atoms with Crippen molar-refractivity contribution in [1.82, 2.24) is 15.1 Å². The lowest BCUT2D eigenvalue weighted by Gasteiger charge is -2.31. The Morgan fingerprint density at radius 3 is 2.15 bits per heavy atom. The first-order valence-corrected chi connectivity index (χ1v) is 11.7. The number of hydrogen-bond donors (Lipinski definition) is 1. The first kappa shape index (κ1) is 23.5. The highest BCUT2D eigenvalue weighted by molar-refractivity contribution is 5.94. The van der Waals surface area contributed by atoms with E-state index < -0.39 is 30.6 Å². The van der Waals surface area contributed by atoms with Gasteiger partial charge in [-0.1, -0.05) is 48.5 Å². The van der Waals surface area contributed by atoms with Crippen molar-refractivity contribution in [2.24, 2.45) is 0 Å². The molecule has 2 aromatic rings. The third-order valence-electron chi connectivity index (χ3n) is 6.34. The van der Waals surface area contributed by atoms with E-state index >= 15 is 0 Å². The molecule has 2 heterocycles. The number of carbonyl (C=O) groups excluding carboxylic acids is 4. The second-order valence-corrected chi connectivity index (χ2v) is 8.58. The van der Waals surface area contributed by atoms with Gasteiger partial charge < -0.3 is 19.9 Å². The molecule has 3 amide bonds. The monoisotopic (exact) mass is 463 g/mol. The maximum Gasteiger partial charge on any atom is 0.338 e. The lowest BCUT2D eigenvalue weighted by Crippen LogP contribution is -2.53. The van der Waals surface area contributed by atoms with Crippen LogP contribution in [0.4, 0.5) is 0 Å². The van der Waals surface area contributed by atoms with Gasteiger partial charge in [0.15, 0.2) is 6.61 Å². The number of nitrogens with one attached hydrogen (secondary N) is 1. The van der Waals surface area contributed by atoms with Crippen LogP contribution < -0.4 is 5.32 Å². The lowest BCUT2D eigenvalue weighted by molar-refractivity contribution is -0.147. The van der Waals surface area contributed by atoms with Crippen LogP contribution in [0.2, 0.25) is 0 Å². The van der Waals surface area contributed by atoms with E-state index in [2.05, 4.69) is 5.32 Å². The highest BCUT2D eigenvalue weighted by Gasteiger charge is 2.42. The minimum Gasteiger partial charge on any atom is -0.452 e. The maximum absolute atomic E-state index is 13.4. The number of nitrogens with zero attached hydrogens (tertiary/aromatic N) is 2. The predicted octanol–water partition coefficient (Wildman–Crippen LogP) is 2.14. The van der Waals surface area contributed by atoms with E-state index in [1.165, 1.54) is 4.90 Å². The molecule has 34 heavy (non-hydrogen) atoms. The summed E-state index contributed by atoms with van der Waals surface area (Å²) < 4.78 is 5.17. The Balaban J connectivity index is 1.33. The molecule has 0 spiro atoms. The van der Waals surface area contributed by atoms with E-state index in [-0.39, 0.29) is 11.8 Å². The van der Waals surface area contributed by atoms with E-state index in [0.29, 0.717) is 44.5 Å². The van der Waals surface area contributed by atoms with Crippen LogP contribution in [0.3, 0.4) is 0 Å². The Hall–Kier alpha value is -3.68. The van der Waals surface area contributed by atoms with Crippen molar-refractivity contribution < 1.29 is 23.9 Å². The van der Waals surface area contributed by atoms with Crippen LogP contribution in [0.1, 0.15) is 41.6 Å². The van der Waals surface area contributed by atoms with Crippen molar-refractivity contribution in [3.63, 3.8) is 0 Å². The Kier molecular flexibility index (Phi) is 7.57. The number of benzene rings is 2. The van der Waals surface area contributed by atoms with Crippen LogP contribution in [0.5, 0.6) is 0 Å². The number of rotatable bonds is 7. The number of likely N-dealkylation sites (tertiary alicyclic amines) is 2. The van der Waals surface area contributed by atoms with Crippen LogP contribution in [-0.2, 0) is 25.7 Å². The van der Waals surface area contributed by atoms with Crippen molar-refractivity contribution >= 4 is 23.7 Å². The molecule has 4 rings (SSSR count). The maximum atomic E-state index is 13.4. The molecule has 2 fully saturated rings. The summed E-state index contributed by atoms with van der Waals surface area (Å²) in [5.74, 6) is -1.37. The number of hydrogen-bond acceptors (Lipinski definition) is 5. The standard InChI is InChI=1S/C26H29N3O5/c30-23(18-34-26(33)20-11-5-2-6-12-20)28-15-8-14-22(28)25(32)29-16-7-13-21(29)24(31)27-17-19-9-3-1-4-10-19/h1-6,9-12,21-22H,7-8,13-18H2,(H,27,31)/t21-,22?/m0/s1. The SMILES string of the molecule is O=C(OCC(=O)N1CCCC1C(=O)N1CCC[C@H]1C(=O)NCc1ccccc1)c1ccccc1. The van der Waals surface area contributed by atoms with Crippen molar-refractivity contribution in [3.05, 3.63) is 71.8 Å². The third-order valence-corrected chi connectivity index (χ3v) is 6.34. The molecule has 2 aliphatic rings. The second kappa shape index (κ2) is 11.0. The summed E-state index contributed by atoms with van der Waals surface area (Å²) in [6.07, 6.45) is 2.56. The molecule has 1 N–H and O–H groups in total. The largest absolute Gasteiger partial charge is 0.452 e. The summed E-state index contributed by atoms with van der Waals surface area (Å²) in [7, 11) is 0. The minimum atomic E-state index is -0.634. The molecule has 178 valence electrons. The molecule has 0 aromatic heterocycles. The summed E-state index contributed by atoms with van der Waals surface area (Å²) in [5.41, 5.74) is 1.36. The lowest BCUT2D eigenvalue weighted by atomic mass is 10.1. The minimum absolute atomic E-state index is 0.178. The van der Waals surface area contributed by atoms with Gasteiger partial charge in [0.2, 0.25) is 11.8 Å². The Labute approximate surface area is 198 Å². The molecule has 0 radical (unpaired) electrons. The summed E-state index contributed by atoms with van der Waals surface area (Å²) >= 11 is 0. The molecule has 8 nitrogen and oxygen atoms in total.